The summed E-state index contributed by atoms with van der Waals surface area (Å²) in [7, 11) is 3.35. The van der Waals surface area contributed by atoms with Crippen LogP contribution in [-0.2, 0) is 0 Å². The molecule has 2 rings (SSSR count). The fourth-order valence-corrected chi connectivity index (χ4v) is 3.37. The third-order valence-electron chi connectivity index (χ3n) is 2.68. The predicted molar refractivity (Wildman–Crippen MR) is 75.9 cm³/mol. The fourth-order valence-electron chi connectivity index (χ4n) is 1.81. The standard InChI is InChI=1S/C13H13BrFNOS/c1-16-13(11-5-6-12(14)18-11)8-3-4-9(15)10(7-8)17-2/h3-7,13,16H,1-2H3. The Morgan fingerprint density at radius 2 is 2.11 bits per heavy atom. The molecule has 1 heterocycles. The summed E-state index contributed by atoms with van der Waals surface area (Å²) in [5.74, 6) is -0.0770. The Morgan fingerprint density at radius 3 is 2.67 bits per heavy atom. The van der Waals surface area contributed by atoms with Gasteiger partial charge in [-0.25, -0.2) is 4.39 Å². The molecule has 1 aromatic carbocycles. The van der Waals surface area contributed by atoms with Gasteiger partial charge >= 0.3 is 0 Å². The van der Waals surface area contributed by atoms with E-state index in [2.05, 4.69) is 21.2 Å². The number of halogens is 2. The van der Waals surface area contributed by atoms with Gasteiger partial charge in [-0.05, 0) is 52.8 Å². The molecule has 0 spiro atoms. The number of rotatable bonds is 4. The van der Waals surface area contributed by atoms with Gasteiger partial charge in [0, 0.05) is 4.88 Å². The number of benzene rings is 1. The zero-order valence-electron chi connectivity index (χ0n) is 10.0. The minimum Gasteiger partial charge on any atom is -0.494 e. The van der Waals surface area contributed by atoms with Crippen molar-refractivity contribution in [2.45, 2.75) is 6.04 Å². The first-order chi connectivity index (χ1) is 8.65. The van der Waals surface area contributed by atoms with Crippen LogP contribution >= 0.6 is 27.3 Å². The average Bonchev–Trinajstić information content (AvgIpc) is 2.79. The first kappa shape index (κ1) is 13.5. The summed E-state index contributed by atoms with van der Waals surface area (Å²) in [4.78, 5) is 1.16. The lowest BCUT2D eigenvalue weighted by atomic mass is 10.1. The summed E-state index contributed by atoms with van der Waals surface area (Å²) in [6.07, 6.45) is 0. The molecule has 0 amide bonds. The first-order valence-electron chi connectivity index (χ1n) is 5.41. The Hall–Kier alpha value is -0.910. The SMILES string of the molecule is CNC(c1ccc(F)c(OC)c1)c1ccc(Br)s1. The van der Waals surface area contributed by atoms with Crippen LogP contribution in [0.15, 0.2) is 34.1 Å². The Labute approximate surface area is 118 Å². The number of nitrogens with one attached hydrogen (secondary N) is 1. The minimum atomic E-state index is -0.344. The fraction of sp³-hybridized carbons (Fsp3) is 0.231. The lowest BCUT2D eigenvalue weighted by Crippen LogP contribution is -2.16. The maximum atomic E-state index is 13.4. The number of hydrogen-bond acceptors (Lipinski definition) is 3. The molecule has 0 aliphatic rings. The van der Waals surface area contributed by atoms with Crippen LogP contribution in [0.4, 0.5) is 4.39 Å². The van der Waals surface area contributed by atoms with Crippen LogP contribution in [0.5, 0.6) is 5.75 Å². The van der Waals surface area contributed by atoms with Crippen molar-refractivity contribution < 1.29 is 9.13 Å². The van der Waals surface area contributed by atoms with Gasteiger partial charge in [-0.1, -0.05) is 6.07 Å². The van der Waals surface area contributed by atoms with E-state index in [1.54, 1.807) is 23.5 Å². The predicted octanol–water partition coefficient (Wildman–Crippen LogP) is 3.97. The Balaban J connectivity index is 2.38. The van der Waals surface area contributed by atoms with Crippen LogP contribution in [0.1, 0.15) is 16.5 Å². The highest BCUT2D eigenvalue weighted by Crippen LogP contribution is 2.32. The molecule has 1 aromatic heterocycles. The van der Waals surface area contributed by atoms with Crippen LogP contribution in [0.3, 0.4) is 0 Å². The van der Waals surface area contributed by atoms with Gasteiger partial charge in [-0.3, -0.25) is 0 Å². The van der Waals surface area contributed by atoms with E-state index >= 15 is 0 Å². The van der Waals surface area contributed by atoms with E-state index < -0.39 is 0 Å². The molecule has 1 unspecified atom stereocenters. The molecule has 0 aliphatic heterocycles. The summed E-state index contributed by atoms with van der Waals surface area (Å²) in [6, 6.07) is 9.02. The molecule has 0 bridgehead atoms. The normalized spacial score (nSPS) is 12.4. The Kier molecular flexibility index (Phi) is 4.37. The number of methoxy groups -OCH3 is 1. The summed E-state index contributed by atoms with van der Waals surface area (Å²) < 4.78 is 19.5. The maximum absolute atomic E-state index is 13.4. The molecule has 1 atom stereocenters. The van der Waals surface area contributed by atoms with Gasteiger partial charge in [0.15, 0.2) is 11.6 Å². The molecule has 0 fully saturated rings. The minimum absolute atomic E-state index is 0.0378. The van der Waals surface area contributed by atoms with Gasteiger partial charge in [0.1, 0.15) is 0 Å². The third-order valence-corrected chi connectivity index (χ3v) is 4.36. The van der Waals surface area contributed by atoms with Crippen LogP contribution in [0, 0.1) is 5.82 Å². The molecule has 0 aliphatic carbocycles. The molecule has 0 saturated carbocycles. The van der Waals surface area contributed by atoms with Crippen molar-refractivity contribution in [3.63, 3.8) is 0 Å². The highest BCUT2D eigenvalue weighted by atomic mass is 79.9. The average molecular weight is 330 g/mol. The summed E-state index contributed by atoms with van der Waals surface area (Å²) in [5.41, 5.74) is 0.977. The smallest absolute Gasteiger partial charge is 0.165 e. The lowest BCUT2D eigenvalue weighted by Gasteiger charge is -2.16. The molecule has 5 heteroatoms. The van der Waals surface area contributed by atoms with Crippen molar-refractivity contribution in [2.24, 2.45) is 0 Å². The zero-order valence-corrected chi connectivity index (χ0v) is 12.4. The Morgan fingerprint density at radius 1 is 1.33 bits per heavy atom. The van der Waals surface area contributed by atoms with Crippen molar-refractivity contribution >= 4 is 27.3 Å². The second-order valence-electron chi connectivity index (χ2n) is 3.76. The number of hydrogen-bond donors (Lipinski definition) is 1. The Bertz CT molecular complexity index is 544. The van der Waals surface area contributed by atoms with E-state index in [1.165, 1.54) is 13.2 Å². The van der Waals surface area contributed by atoms with Crippen molar-refractivity contribution in [1.29, 1.82) is 0 Å². The second-order valence-corrected chi connectivity index (χ2v) is 6.25. The monoisotopic (exact) mass is 329 g/mol. The van der Waals surface area contributed by atoms with Crippen LogP contribution in [-0.4, -0.2) is 14.2 Å². The molecular weight excluding hydrogens is 317 g/mol. The highest BCUT2D eigenvalue weighted by molar-refractivity contribution is 9.11. The molecule has 0 radical (unpaired) electrons. The van der Waals surface area contributed by atoms with E-state index in [4.69, 9.17) is 4.74 Å². The second kappa shape index (κ2) is 5.82. The van der Waals surface area contributed by atoms with Crippen LogP contribution in [0.2, 0.25) is 0 Å². The van der Waals surface area contributed by atoms with Crippen molar-refractivity contribution in [1.82, 2.24) is 5.32 Å². The molecule has 18 heavy (non-hydrogen) atoms. The summed E-state index contributed by atoms with van der Waals surface area (Å²) in [6.45, 7) is 0. The largest absolute Gasteiger partial charge is 0.494 e. The van der Waals surface area contributed by atoms with Crippen LogP contribution in [0.25, 0.3) is 0 Å². The maximum Gasteiger partial charge on any atom is 0.165 e. The van der Waals surface area contributed by atoms with Crippen molar-refractivity contribution in [3.05, 3.63) is 50.4 Å². The van der Waals surface area contributed by atoms with Crippen molar-refractivity contribution in [3.8, 4) is 5.75 Å². The van der Waals surface area contributed by atoms with Gasteiger partial charge in [-0.2, -0.15) is 0 Å². The highest BCUT2D eigenvalue weighted by Gasteiger charge is 2.16. The van der Waals surface area contributed by atoms with Crippen LogP contribution < -0.4 is 10.1 Å². The molecule has 1 N–H and O–H groups in total. The summed E-state index contributed by atoms with van der Waals surface area (Å²) >= 11 is 5.10. The number of thiophene rings is 1. The zero-order chi connectivity index (χ0) is 13.1. The van der Waals surface area contributed by atoms with Crippen molar-refractivity contribution in [2.75, 3.05) is 14.2 Å². The van der Waals surface area contributed by atoms with E-state index in [0.717, 1.165) is 14.2 Å². The number of ether oxygens (including phenoxy) is 1. The summed E-state index contributed by atoms with van der Waals surface area (Å²) in [5, 5.41) is 3.23. The quantitative estimate of drug-likeness (QED) is 0.916. The van der Waals surface area contributed by atoms with Gasteiger partial charge in [-0.15, -0.1) is 11.3 Å². The molecule has 2 nitrogen and oxygen atoms in total. The van der Waals surface area contributed by atoms with Gasteiger partial charge in [0.2, 0.25) is 0 Å². The molecule has 0 saturated heterocycles. The van der Waals surface area contributed by atoms with E-state index in [1.807, 2.05) is 19.2 Å². The lowest BCUT2D eigenvalue weighted by molar-refractivity contribution is 0.385. The third kappa shape index (κ3) is 2.74. The molecule has 2 aromatic rings. The first-order valence-corrected chi connectivity index (χ1v) is 7.02. The van der Waals surface area contributed by atoms with E-state index in [9.17, 15) is 4.39 Å². The topological polar surface area (TPSA) is 21.3 Å². The van der Waals surface area contributed by atoms with Gasteiger partial charge in [0.25, 0.3) is 0 Å². The van der Waals surface area contributed by atoms with E-state index in [0.29, 0.717) is 0 Å². The van der Waals surface area contributed by atoms with E-state index in [-0.39, 0.29) is 17.6 Å². The van der Waals surface area contributed by atoms with Gasteiger partial charge in [0.05, 0.1) is 16.9 Å². The molecule has 96 valence electrons. The molecular formula is C13H13BrFNOS. The van der Waals surface area contributed by atoms with Gasteiger partial charge < -0.3 is 10.1 Å².